The van der Waals surface area contributed by atoms with Crippen LogP contribution in [0.1, 0.15) is 5.69 Å². The molecule has 0 radical (unpaired) electrons. The number of rotatable bonds is 7. The molecule has 8 heteroatoms. The first-order chi connectivity index (χ1) is 13.7. The Balaban J connectivity index is 1.61. The molecule has 0 aliphatic heterocycles. The lowest BCUT2D eigenvalue weighted by Gasteiger charge is -2.16. The van der Waals surface area contributed by atoms with E-state index in [4.69, 9.17) is 9.47 Å². The summed E-state index contributed by atoms with van der Waals surface area (Å²) in [5.74, 6) is 0.679. The van der Waals surface area contributed by atoms with Crippen molar-refractivity contribution in [2.24, 2.45) is 5.29 Å². The van der Waals surface area contributed by atoms with Crippen LogP contribution in [0.25, 0.3) is 0 Å². The van der Waals surface area contributed by atoms with E-state index in [1.165, 1.54) is 5.01 Å². The molecule has 1 aromatic heterocycles. The van der Waals surface area contributed by atoms with E-state index in [9.17, 15) is 9.70 Å². The molecule has 0 saturated carbocycles. The molecule has 142 valence electrons. The van der Waals surface area contributed by atoms with E-state index < -0.39 is 6.09 Å². The Bertz CT molecular complexity index is 915. The number of hydrogen-bond donors (Lipinski definition) is 1. The van der Waals surface area contributed by atoms with E-state index in [1.807, 2.05) is 6.07 Å². The Hall–Kier alpha value is -3.94. The smallest absolute Gasteiger partial charge is 0.412 e. The quantitative estimate of drug-likeness (QED) is 0.475. The highest BCUT2D eigenvalue weighted by atomic mass is 16.5. The third kappa shape index (κ3) is 4.82. The molecule has 0 aliphatic rings. The number of amides is 1. The van der Waals surface area contributed by atoms with Crippen LogP contribution in [0.5, 0.6) is 5.75 Å². The Morgan fingerprint density at radius 2 is 1.71 bits per heavy atom. The van der Waals surface area contributed by atoms with Gasteiger partial charge in [0.05, 0.1) is 29.5 Å². The first kappa shape index (κ1) is 18.8. The number of nitrogens with zero attached hydrogens (tertiary/aromatic N) is 3. The molecule has 0 aliphatic carbocycles. The summed E-state index contributed by atoms with van der Waals surface area (Å²) >= 11 is 0. The van der Waals surface area contributed by atoms with Crippen molar-refractivity contribution in [2.75, 3.05) is 17.4 Å². The van der Waals surface area contributed by atoms with Gasteiger partial charge >= 0.3 is 6.09 Å². The summed E-state index contributed by atoms with van der Waals surface area (Å²) in [5.41, 5.74) is 2.31. The Morgan fingerprint density at radius 1 is 1.04 bits per heavy atom. The molecule has 2 aromatic carbocycles. The van der Waals surface area contributed by atoms with Gasteiger partial charge in [-0.1, -0.05) is 6.07 Å². The molecule has 0 unspecified atom stereocenters. The highest BCUT2D eigenvalue weighted by Gasteiger charge is 2.11. The molecule has 0 spiro atoms. The van der Waals surface area contributed by atoms with Gasteiger partial charge in [-0.3, -0.25) is 10.3 Å². The van der Waals surface area contributed by atoms with Gasteiger partial charge in [0, 0.05) is 11.9 Å². The minimum absolute atomic E-state index is 0.0745. The topological polar surface area (TPSA) is 93.1 Å². The molecule has 0 fully saturated rings. The average Bonchev–Trinajstić information content (AvgIpc) is 2.75. The Kier molecular flexibility index (Phi) is 6.14. The fraction of sp³-hybridized carbons (Fsp3) is 0.100. The maximum absolute atomic E-state index is 11.9. The number of ether oxygens (including phenoxy) is 2. The van der Waals surface area contributed by atoms with Crippen LogP contribution in [-0.4, -0.2) is 18.2 Å². The van der Waals surface area contributed by atoms with Crippen molar-refractivity contribution in [3.8, 4) is 5.75 Å². The van der Waals surface area contributed by atoms with Crippen molar-refractivity contribution in [2.45, 2.75) is 6.61 Å². The maximum atomic E-state index is 11.9. The number of anilines is 3. The predicted octanol–water partition coefficient (Wildman–Crippen LogP) is 4.66. The van der Waals surface area contributed by atoms with Crippen LogP contribution in [-0.2, 0) is 11.3 Å². The van der Waals surface area contributed by atoms with Gasteiger partial charge in [-0.25, -0.2) is 4.79 Å². The maximum Gasteiger partial charge on any atom is 0.412 e. The van der Waals surface area contributed by atoms with Gasteiger partial charge in [0.2, 0.25) is 0 Å². The first-order valence-electron chi connectivity index (χ1n) is 8.41. The average molecular weight is 378 g/mol. The third-order valence-corrected chi connectivity index (χ3v) is 3.83. The summed E-state index contributed by atoms with van der Waals surface area (Å²) in [6.07, 6.45) is 1.03. The number of hydrogen-bond acceptors (Lipinski definition) is 6. The number of carbonyl (C=O) groups excluding carboxylic acids is 1. The van der Waals surface area contributed by atoms with Crippen molar-refractivity contribution in [1.82, 2.24) is 4.98 Å². The molecule has 3 rings (SSSR count). The van der Waals surface area contributed by atoms with Crippen LogP contribution in [0.15, 0.2) is 78.2 Å². The Morgan fingerprint density at radius 3 is 2.29 bits per heavy atom. The first-order valence-corrected chi connectivity index (χ1v) is 8.41. The number of pyridine rings is 1. The van der Waals surface area contributed by atoms with Crippen LogP contribution in [0, 0.1) is 4.91 Å². The number of benzene rings is 2. The largest absolute Gasteiger partial charge is 0.497 e. The molecular weight excluding hydrogens is 360 g/mol. The molecule has 0 saturated heterocycles. The normalized spacial score (nSPS) is 10.0. The number of nitrogens with one attached hydrogen (secondary N) is 1. The second-order valence-electron chi connectivity index (χ2n) is 5.66. The van der Waals surface area contributed by atoms with Crippen LogP contribution in [0.4, 0.5) is 21.9 Å². The Labute approximate surface area is 161 Å². The van der Waals surface area contributed by atoms with Gasteiger partial charge < -0.3 is 9.47 Å². The highest BCUT2D eigenvalue weighted by molar-refractivity contribution is 5.85. The van der Waals surface area contributed by atoms with Gasteiger partial charge in [0.25, 0.3) is 0 Å². The van der Waals surface area contributed by atoms with Crippen molar-refractivity contribution < 1.29 is 14.3 Å². The highest BCUT2D eigenvalue weighted by Crippen LogP contribution is 2.28. The van der Waals surface area contributed by atoms with E-state index in [2.05, 4.69) is 15.6 Å². The van der Waals surface area contributed by atoms with Crippen molar-refractivity contribution >= 4 is 23.2 Å². The van der Waals surface area contributed by atoms with E-state index in [0.717, 1.165) is 0 Å². The van der Waals surface area contributed by atoms with Gasteiger partial charge in [-0.2, -0.15) is 5.01 Å². The number of aromatic nitrogens is 1. The van der Waals surface area contributed by atoms with Gasteiger partial charge in [0.15, 0.2) is 0 Å². The third-order valence-electron chi connectivity index (χ3n) is 3.83. The molecule has 3 aromatic rings. The van der Waals surface area contributed by atoms with E-state index >= 15 is 0 Å². The molecule has 8 nitrogen and oxygen atoms in total. The zero-order valence-corrected chi connectivity index (χ0v) is 15.1. The second-order valence-corrected chi connectivity index (χ2v) is 5.66. The fourth-order valence-electron chi connectivity index (χ4n) is 2.43. The number of methoxy groups -OCH3 is 1. The van der Waals surface area contributed by atoms with Gasteiger partial charge in [-0.05, 0) is 60.7 Å². The molecule has 1 heterocycles. The molecule has 0 atom stereocenters. The zero-order valence-electron chi connectivity index (χ0n) is 15.1. The van der Waals surface area contributed by atoms with Crippen molar-refractivity contribution in [3.05, 3.63) is 83.5 Å². The molecule has 1 amide bonds. The SMILES string of the molecule is COc1ccc(N(N=O)c2ccc(NC(=O)OCc3ccccn3)cc2)cc1. The summed E-state index contributed by atoms with van der Waals surface area (Å²) < 4.78 is 10.2. The lowest BCUT2D eigenvalue weighted by molar-refractivity contribution is 0.153. The van der Waals surface area contributed by atoms with Crippen LogP contribution >= 0.6 is 0 Å². The summed E-state index contributed by atoms with van der Waals surface area (Å²) in [6.45, 7) is 0.0745. The lowest BCUT2D eigenvalue weighted by Crippen LogP contribution is -2.14. The van der Waals surface area contributed by atoms with E-state index in [-0.39, 0.29) is 6.61 Å². The van der Waals surface area contributed by atoms with E-state index in [0.29, 0.717) is 28.5 Å². The number of carbonyl (C=O) groups is 1. The van der Waals surface area contributed by atoms with Crippen molar-refractivity contribution in [3.63, 3.8) is 0 Å². The van der Waals surface area contributed by atoms with E-state index in [1.54, 1.807) is 74.0 Å². The van der Waals surface area contributed by atoms with Gasteiger partial charge in [-0.15, -0.1) is 4.91 Å². The molecule has 1 N–H and O–H groups in total. The standard InChI is InChI=1S/C20H18N4O4/c1-27-19-11-9-18(10-12-19)24(23-26)17-7-5-15(6-8-17)22-20(25)28-14-16-4-2-3-13-21-16/h2-13H,14H2,1H3,(H,22,25). The lowest BCUT2D eigenvalue weighted by atomic mass is 10.2. The van der Waals surface area contributed by atoms with Crippen molar-refractivity contribution in [1.29, 1.82) is 0 Å². The summed E-state index contributed by atoms with van der Waals surface area (Å²) in [7, 11) is 1.57. The summed E-state index contributed by atoms with van der Waals surface area (Å²) in [5, 5.41) is 6.92. The molecular formula is C20H18N4O4. The van der Waals surface area contributed by atoms with Crippen LogP contribution in [0.2, 0.25) is 0 Å². The molecule has 0 bridgehead atoms. The van der Waals surface area contributed by atoms with Gasteiger partial charge in [0.1, 0.15) is 12.4 Å². The fourth-order valence-corrected chi connectivity index (χ4v) is 2.43. The predicted molar refractivity (Wildman–Crippen MR) is 105 cm³/mol. The summed E-state index contributed by atoms with van der Waals surface area (Å²) in [6, 6.07) is 18.9. The van der Waals surface area contributed by atoms with Crippen LogP contribution in [0.3, 0.4) is 0 Å². The second kappa shape index (κ2) is 9.13. The van der Waals surface area contributed by atoms with Crippen LogP contribution < -0.4 is 15.1 Å². The molecule has 28 heavy (non-hydrogen) atoms. The summed E-state index contributed by atoms with van der Waals surface area (Å²) in [4.78, 5) is 27.3. The number of nitroso groups, excluding NO2 is 1. The minimum atomic E-state index is -0.598. The zero-order chi connectivity index (χ0) is 19.8. The monoisotopic (exact) mass is 378 g/mol. The minimum Gasteiger partial charge on any atom is -0.497 e.